The van der Waals surface area contributed by atoms with Gasteiger partial charge in [-0.2, -0.15) is 0 Å². The van der Waals surface area contributed by atoms with Gasteiger partial charge in [0.1, 0.15) is 0 Å². The summed E-state index contributed by atoms with van der Waals surface area (Å²) in [5.74, 6) is 1.42. The largest absolute Gasteiger partial charge is 0.454 e. The quantitative estimate of drug-likeness (QED) is 0.874. The van der Waals surface area contributed by atoms with Gasteiger partial charge in [0, 0.05) is 17.0 Å². The zero-order valence-electron chi connectivity index (χ0n) is 14.2. The summed E-state index contributed by atoms with van der Waals surface area (Å²) in [6.07, 6.45) is 3.46. The fourth-order valence-corrected chi connectivity index (χ4v) is 4.73. The van der Waals surface area contributed by atoms with Crippen molar-refractivity contribution in [2.45, 2.75) is 36.7 Å². The summed E-state index contributed by atoms with van der Waals surface area (Å²) < 4.78 is 10.7. The Bertz CT molecular complexity index is 792. The fraction of sp³-hybridized carbons (Fsp3) is 0.350. The molecule has 0 saturated carbocycles. The van der Waals surface area contributed by atoms with Crippen LogP contribution in [0.15, 0.2) is 42.5 Å². The summed E-state index contributed by atoms with van der Waals surface area (Å²) in [6.45, 7) is 2.21. The zero-order chi connectivity index (χ0) is 17.2. The minimum atomic E-state index is -0.124. The van der Waals surface area contributed by atoms with Crippen LogP contribution in [0, 0.1) is 0 Å². The smallest absolute Gasteiger partial charge is 0.237 e. The van der Waals surface area contributed by atoms with Crippen molar-refractivity contribution in [1.82, 2.24) is 0 Å². The second kappa shape index (κ2) is 7.00. The molecule has 0 aromatic heterocycles. The third-order valence-electron chi connectivity index (χ3n) is 4.69. The normalized spacial score (nSPS) is 19.2. The van der Waals surface area contributed by atoms with Crippen LogP contribution in [0.3, 0.4) is 0 Å². The molecule has 2 unspecified atom stereocenters. The van der Waals surface area contributed by atoms with Gasteiger partial charge in [-0.1, -0.05) is 24.3 Å². The van der Waals surface area contributed by atoms with Crippen LogP contribution in [0.2, 0.25) is 0 Å². The maximum absolute atomic E-state index is 12.6. The van der Waals surface area contributed by atoms with Crippen molar-refractivity contribution in [3.8, 4) is 11.5 Å². The molecule has 2 aliphatic rings. The summed E-state index contributed by atoms with van der Waals surface area (Å²) in [6, 6.07) is 14.1. The lowest BCUT2D eigenvalue weighted by atomic mass is 9.91. The summed E-state index contributed by atoms with van der Waals surface area (Å²) in [5, 5.41) is 3.26. The van der Waals surface area contributed by atoms with E-state index in [-0.39, 0.29) is 18.0 Å². The van der Waals surface area contributed by atoms with Gasteiger partial charge in [0.25, 0.3) is 0 Å². The lowest BCUT2D eigenvalue weighted by Gasteiger charge is -2.27. The Morgan fingerprint density at radius 2 is 2.04 bits per heavy atom. The lowest BCUT2D eigenvalue weighted by molar-refractivity contribution is -0.115. The second-order valence-corrected chi connectivity index (χ2v) is 7.96. The van der Waals surface area contributed by atoms with Crippen LogP contribution < -0.4 is 14.8 Å². The topological polar surface area (TPSA) is 47.6 Å². The number of fused-ring (bicyclic) bond motifs is 2. The van der Waals surface area contributed by atoms with Gasteiger partial charge in [-0.05, 0) is 49.4 Å². The Morgan fingerprint density at radius 3 is 2.96 bits per heavy atom. The maximum Gasteiger partial charge on any atom is 0.237 e. The monoisotopic (exact) mass is 355 g/mol. The standard InChI is InChI=1S/C20H21NO3S/c1-13(25-19-8-4-6-14-5-2-3-7-16(14)19)20(22)21-15-9-10-17-18(11-15)24-12-23-17/h2-3,5,7,9-11,13,19H,4,6,8,12H2,1H3,(H,21,22). The van der Waals surface area contributed by atoms with Crippen LogP contribution in [-0.2, 0) is 11.2 Å². The van der Waals surface area contributed by atoms with Gasteiger partial charge in [0.05, 0.1) is 5.25 Å². The summed E-state index contributed by atoms with van der Waals surface area (Å²) >= 11 is 1.75. The van der Waals surface area contributed by atoms with Crippen molar-refractivity contribution in [2.75, 3.05) is 12.1 Å². The highest BCUT2D eigenvalue weighted by Gasteiger charge is 2.25. The van der Waals surface area contributed by atoms with Crippen LogP contribution in [0.25, 0.3) is 0 Å². The molecule has 0 spiro atoms. The van der Waals surface area contributed by atoms with E-state index in [4.69, 9.17) is 9.47 Å². The maximum atomic E-state index is 12.6. The summed E-state index contributed by atoms with van der Waals surface area (Å²) in [7, 11) is 0. The lowest BCUT2D eigenvalue weighted by Crippen LogP contribution is -2.24. The highest BCUT2D eigenvalue weighted by Crippen LogP contribution is 2.42. The van der Waals surface area contributed by atoms with Crippen LogP contribution in [0.4, 0.5) is 5.69 Å². The van der Waals surface area contributed by atoms with E-state index in [0.717, 1.165) is 24.3 Å². The number of aryl methyl sites for hydroxylation is 1. The van der Waals surface area contributed by atoms with Crippen molar-refractivity contribution in [1.29, 1.82) is 0 Å². The van der Waals surface area contributed by atoms with Crippen LogP contribution in [0.5, 0.6) is 11.5 Å². The molecule has 130 valence electrons. The number of nitrogens with one attached hydrogen (secondary N) is 1. The first kappa shape index (κ1) is 16.3. The predicted molar refractivity (Wildman–Crippen MR) is 100 cm³/mol. The molecule has 5 heteroatoms. The van der Waals surface area contributed by atoms with E-state index in [9.17, 15) is 4.79 Å². The molecule has 4 nitrogen and oxygen atoms in total. The molecule has 1 heterocycles. The molecular weight excluding hydrogens is 334 g/mol. The predicted octanol–water partition coefficient (Wildman–Crippen LogP) is 4.55. The van der Waals surface area contributed by atoms with E-state index in [1.54, 1.807) is 11.8 Å². The zero-order valence-corrected chi connectivity index (χ0v) is 15.0. The van der Waals surface area contributed by atoms with Crippen molar-refractivity contribution in [3.05, 3.63) is 53.6 Å². The Hall–Kier alpha value is -2.14. The summed E-state index contributed by atoms with van der Waals surface area (Å²) in [4.78, 5) is 12.6. The second-order valence-electron chi connectivity index (χ2n) is 6.42. The first-order valence-electron chi connectivity index (χ1n) is 8.64. The van der Waals surface area contributed by atoms with Crippen LogP contribution in [0.1, 0.15) is 36.1 Å². The first-order valence-corrected chi connectivity index (χ1v) is 9.59. The Labute approximate surface area is 151 Å². The molecule has 0 radical (unpaired) electrons. The third kappa shape index (κ3) is 3.47. The highest BCUT2D eigenvalue weighted by molar-refractivity contribution is 8.00. The Balaban J connectivity index is 1.41. The minimum Gasteiger partial charge on any atom is -0.454 e. The van der Waals surface area contributed by atoms with E-state index < -0.39 is 0 Å². The first-order chi connectivity index (χ1) is 12.2. The van der Waals surface area contributed by atoms with Gasteiger partial charge in [-0.3, -0.25) is 4.79 Å². The van der Waals surface area contributed by atoms with Gasteiger partial charge >= 0.3 is 0 Å². The average Bonchev–Trinajstić information content (AvgIpc) is 3.10. The Morgan fingerprint density at radius 1 is 1.20 bits per heavy atom. The molecule has 0 fully saturated rings. The molecule has 4 rings (SSSR count). The number of carbonyl (C=O) groups excluding carboxylic acids is 1. The number of thioether (sulfide) groups is 1. The van der Waals surface area contributed by atoms with Gasteiger partial charge < -0.3 is 14.8 Å². The molecule has 2 aromatic rings. The molecule has 2 atom stereocenters. The molecule has 1 amide bonds. The Kier molecular flexibility index (Phi) is 4.57. The highest BCUT2D eigenvalue weighted by atomic mass is 32.2. The van der Waals surface area contributed by atoms with Gasteiger partial charge in [0.2, 0.25) is 12.7 Å². The SMILES string of the molecule is CC(SC1CCCc2ccccc21)C(=O)Nc1ccc2c(c1)OCO2. The van der Waals surface area contributed by atoms with E-state index in [1.807, 2.05) is 25.1 Å². The number of hydrogen-bond acceptors (Lipinski definition) is 4. The van der Waals surface area contributed by atoms with Gasteiger partial charge in [-0.25, -0.2) is 0 Å². The molecule has 0 bridgehead atoms. The number of carbonyl (C=O) groups is 1. The summed E-state index contributed by atoms with van der Waals surface area (Å²) in [5.41, 5.74) is 3.56. The number of ether oxygens (including phenoxy) is 2. The number of benzene rings is 2. The van der Waals surface area contributed by atoms with Crippen LogP contribution >= 0.6 is 11.8 Å². The van der Waals surface area contributed by atoms with Gasteiger partial charge in [0.15, 0.2) is 11.5 Å². The number of anilines is 1. The van der Waals surface area contributed by atoms with E-state index in [1.165, 1.54) is 17.5 Å². The van der Waals surface area contributed by atoms with E-state index >= 15 is 0 Å². The molecule has 0 saturated heterocycles. The van der Waals surface area contributed by atoms with Crippen LogP contribution in [-0.4, -0.2) is 18.0 Å². The van der Waals surface area contributed by atoms with Gasteiger partial charge in [-0.15, -0.1) is 11.8 Å². The molecule has 2 aromatic carbocycles. The molecule has 25 heavy (non-hydrogen) atoms. The van der Waals surface area contributed by atoms with Crippen molar-refractivity contribution < 1.29 is 14.3 Å². The number of rotatable bonds is 4. The molecule has 1 aliphatic heterocycles. The van der Waals surface area contributed by atoms with Crippen molar-refractivity contribution in [3.63, 3.8) is 0 Å². The van der Waals surface area contributed by atoms with Crippen molar-refractivity contribution >= 4 is 23.4 Å². The van der Waals surface area contributed by atoms with E-state index in [0.29, 0.717) is 11.0 Å². The van der Waals surface area contributed by atoms with Crippen molar-refractivity contribution in [2.24, 2.45) is 0 Å². The molecule has 1 N–H and O–H groups in total. The molecular formula is C20H21NO3S. The van der Waals surface area contributed by atoms with E-state index in [2.05, 4.69) is 29.6 Å². The average molecular weight is 355 g/mol. The minimum absolute atomic E-state index is 0.0203. The number of amides is 1. The third-order valence-corrected chi connectivity index (χ3v) is 6.13. The fourth-order valence-electron chi connectivity index (χ4n) is 3.38. The number of hydrogen-bond donors (Lipinski definition) is 1. The molecule has 1 aliphatic carbocycles.